The van der Waals surface area contributed by atoms with Crippen LogP contribution in [0.2, 0.25) is 0 Å². The van der Waals surface area contributed by atoms with E-state index >= 15 is 0 Å². The third kappa shape index (κ3) is 3.09. The molecule has 2 N–H and O–H groups in total. The molecule has 32 heavy (non-hydrogen) atoms. The summed E-state index contributed by atoms with van der Waals surface area (Å²) in [4.78, 5) is 39.2. The number of pyridine rings is 2. The molecule has 1 aromatic carbocycles. The van der Waals surface area contributed by atoms with E-state index in [1.165, 1.54) is 4.88 Å². The van der Waals surface area contributed by atoms with E-state index in [-0.39, 0.29) is 5.56 Å². The van der Waals surface area contributed by atoms with Gasteiger partial charge in [-0.05, 0) is 43.3 Å². The van der Waals surface area contributed by atoms with Crippen LogP contribution in [0.15, 0.2) is 71.9 Å². The van der Waals surface area contributed by atoms with E-state index in [0.717, 1.165) is 32.7 Å². The van der Waals surface area contributed by atoms with E-state index in [2.05, 4.69) is 39.0 Å². The lowest BCUT2D eigenvalue weighted by molar-refractivity contribution is 1.18. The van der Waals surface area contributed by atoms with Crippen LogP contribution in [0.25, 0.3) is 55.3 Å². The molecule has 0 atom stereocenters. The van der Waals surface area contributed by atoms with Gasteiger partial charge in [0.15, 0.2) is 5.65 Å². The maximum absolute atomic E-state index is 12.7. The number of hydrogen-bond acceptors (Lipinski definition) is 6. The number of H-pyrrole nitrogens is 2. The van der Waals surface area contributed by atoms with Gasteiger partial charge in [0, 0.05) is 34.4 Å². The first kappa shape index (κ1) is 18.6. The molecule has 7 nitrogen and oxygen atoms in total. The fourth-order valence-electron chi connectivity index (χ4n) is 3.76. The summed E-state index contributed by atoms with van der Waals surface area (Å²) in [6.45, 7) is 2.06. The Labute approximate surface area is 185 Å². The van der Waals surface area contributed by atoms with E-state index < -0.39 is 0 Å². The standard InChI is InChI=1S/C24H16N6OS/c1-13-4-7-19(32-13)21-20(15-5-6-17-14(11-15)3-2-8-25-17)28-18-12-16(22-26-9-10-27-22)24(31)30-23(18)29-21/h2-12H,1H3,(H,26,27)(H,29,30,31). The van der Waals surface area contributed by atoms with Gasteiger partial charge < -0.3 is 9.97 Å². The molecule has 6 rings (SSSR count). The molecule has 5 aromatic heterocycles. The fraction of sp³-hybridized carbons (Fsp3) is 0.0417. The zero-order valence-electron chi connectivity index (χ0n) is 17.0. The van der Waals surface area contributed by atoms with E-state index in [0.29, 0.717) is 22.6 Å². The van der Waals surface area contributed by atoms with E-state index in [1.54, 1.807) is 36.0 Å². The lowest BCUT2D eigenvalue weighted by atomic mass is 10.1. The molecule has 0 amide bonds. The minimum absolute atomic E-state index is 0.264. The summed E-state index contributed by atoms with van der Waals surface area (Å²) < 4.78 is 0. The van der Waals surface area contributed by atoms with Crippen LogP contribution in [0.1, 0.15) is 4.88 Å². The van der Waals surface area contributed by atoms with Gasteiger partial charge in [-0.15, -0.1) is 11.3 Å². The quantitative estimate of drug-likeness (QED) is 0.408. The second-order valence-electron chi connectivity index (χ2n) is 7.43. The summed E-state index contributed by atoms with van der Waals surface area (Å²) in [5, 5.41) is 1.03. The van der Waals surface area contributed by atoms with Crippen molar-refractivity contribution in [2.75, 3.05) is 0 Å². The number of fused-ring (bicyclic) bond motifs is 2. The number of aromatic nitrogens is 6. The Kier molecular flexibility index (Phi) is 4.19. The molecule has 0 radical (unpaired) electrons. The molecule has 0 bridgehead atoms. The van der Waals surface area contributed by atoms with Crippen molar-refractivity contribution in [1.29, 1.82) is 0 Å². The maximum Gasteiger partial charge on any atom is 0.260 e. The van der Waals surface area contributed by atoms with Crippen LogP contribution in [0, 0.1) is 6.92 Å². The number of aryl methyl sites for hydroxylation is 1. The van der Waals surface area contributed by atoms with Gasteiger partial charge >= 0.3 is 0 Å². The summed E-state index contributed by atoms with van der Waals surface area (Å²) in [6.07, 6.45) is 5.08. The highest BCUT2D eigenvalue weighted by Crippen LogP contribution is 2.35. The zero-order valence-corrected chi connectivity index (χ0v) is 17.8. The highest BCUT2D eigenvalue weighted by Gasteiger charge is 2.17. The molecule has 5 heterocycles. The molecular formula is C24H16N6OS. The smallest absolute Gasteiger partial charge is 0.260 e. The first-order valence-corrected chi connectivity index (χ1v) is 10.8. The number of nitrogens with one attached hydrogen (secondary N) is 2. The van der Waals surface area contributed by atoms with Gasteiger partial charge in [0.25, 0.3) is 5.56 Å². The Morgan fingerprint density at radius 3 is 2.66 bits per heavy atom. The summed E-state index contributed by atoms with van der Waals surface area (Å²) >= 11 is 1.65. The molecule has 154 valence electrons. The average molecular weight is 437 g/mol. The molecule has 0 aliphatic rings. The second kappa shape index (κ2) is 7.21. The van der Waals surface area contributed by atoms with Crippen molar-refractivity contribution < 1.29 is 0 Å². The summed E-state index contributed by atoms with van der Waals surface area (Å²) in [6, 6.07) is 15.8. The highest BCUT2D eigenvalue weighted by atomic mass is 32.1. The first-order chi connectivity index (χ1) is 15.7. The van der Waals surface area contributed by atoms with E-state index in [4.69, 9.17) is 9.97 Å². The monoisotopic (exact) mass is 436 g/mol. The minimum atomic E-state index is -0.264. The average Bonchev–Trinajstić information content (AvgIpc) is 3.49. The van der Waals surface area contributed by atoms with Crippen LogP contribution in [0.4, 0.5) is 0 Å². The van der Waals surface area contributed by atoms with Crippen molar-refractivity contribution in [3.8, 4) is 33.2 Å². The molecule has 0 aliphatic heterocycles. The highest BCUT2D eigenvalue weighted by molar-refractivity contribution is 7.15. The van der Waals surface area contributed by atoms with Crippen molar-refractivity contribution >= 4 is 33.4 Å². The lowest BCUT2D eigenvalue weighted by Crippen LogP contribution is -2.11. The fourth-order valence-corrected chi connectivity index (χ4v) is 4.62. The van der Waals surface area contributed by atoms with Gasteiger partial charge in [-0.1, -0.05) is 12.1 Å². The molecule has 0 fully saturated rings. The summed E-state index contributed by atoms with van der Waals surface area (Å²) in [5.74, 6) is 0.492. The second-order valence-corrected chi connectivity index (χ2v) is 8.71. The van der Waals surface area contributed by atoms with E-state index in [9.17, 15) is 4.79 Å². The van der Waals surface area contributed by atoms with Gasteiger partial charge in [0.2, 0.25) is 0 Å². The molecular weight excluding hydrogens is 420 g/mol. The predicted octanol–water partition coefficient (Wildman–Crippen LogP) is 4.96. The van der Waals surface area contributed by atoms with Gasteiger partial charge in [-0.25, -0.2) is 15.0 Å². The Morgan fingerprint density at radius 1 is 0.906 bits per heavy atom. The van der Waals surface area contributed by atoms with Crippen molar-refractivity contribution in [2.24, 2.45) is 0 Å². The number of aromatic amines is 2. The summed E-state index contributed by atoms with van der Waals surface area (Å²) in [5.41, 5.74) is 4.54. The number of rotatable bonds is 3. The van der Waals surface area contributed by atoms with Crippen LogP contribution < -0.4 is 5.56 Å². The number of imidazole rings is 1. The molecule has 6 aromatic rings. The number of nitrogens with zero attached hydrogens (tertiary/aromatic N) is 4. The largest absolute Gasteiger partial charge is 0.344 e. The Hall–Kier alpha value is -4.17. The number of benzene rings is 1. The molecule has 0 unspecified atom stereocenters. The van der Waals surface area contributed by atoms with Gasteiger partial charge in [0.05, 0.1) is 21.7 Å². The molecule has 0 spiro atoms. The minimum Gasteiger partial charge on any atom is -0.344 e. The molecule has 0 saturated heterocycles. The predicted molar refractivity (Wildman–Crippen MR) is 127 cm³/mol. The van der Waals surface area contributed by atoms with Gasteiger partial charge in [-0.2, -0.15) is 0 Å². The van der Waals surface area contributed by atoms with Crippen LogP contribution in [0.3, 0.4) is 0 Å². The maximum atomic E-state index is 12.7. The van der Waals surface area contributed by atoms with Crippen molar-refractivity contribution in [1.82, 2.24) is 29.9 Å². The SMILES string of the molecule is Cc1ccc(-c2nc3[nH]c(=O)c(-c4ncc[nH]4)cc3nc2-c2ccc3ncccc3c2)s1. The van der Waals surface area contributed by atoms with Crippen molar-refractivity contribution in [2.45, 2.75) is 6.92 Å². The van der Waals surface area contributed by atoms with Crippen molar-refractivity contribution in [3.05, 3.63) is 82.4 Å². The van der Waals surface area contributed by atoms with Gasteiger partial charge in [0.1, 0.15) is 17.0 Å². The van der Waals surface area contributed by atoms with E-state index in [1.807, 2.05) is 30.3 Å². The van der Waals surface area contributed by atoms with Crippen LogP contribution >= 0.6 is 11.3 Å². The number of hydrogen-bond donors (Lipinski definition) is 2. The van der Waals surface area contributed by atoms with Crippen molar-refractivity contribution in [3.63, 3.8) is 0 Å². The topological polar surface area (TPSA) is 100 Å². The lowest BCUT2D eigenvalue weighted by Gasteiger charge is -2.10. The van der Waals surface area contributed by atoms with Crippen LogP contribution in [-0.4, -0.2) is 29.9 Å². The Bertz CT molecular complexity index is 1670. The Morgan fingerprint density at radius 2 is 1.84 bits per heavy atom. The Balaban J connectivity index is 1.64. The molecule has 8 heteroatoms. The first-order valence-electron chi connectivity index (χ1n) is 10.0. The molecule has 0 aliphatic carbocycles. The molecule has 0 saturated carbocycles. The van der Waals surface area contributed by atoms with Crippen LogP contribution in [0.5, 0.6) is 0 Å². The third-order valence-corrected chi connectivity index (χ3v) is 6.29. The summed E-state index contributed by atoms with van der Waals surface area (Å²) in [7, 11) is 0. The number of thiophene rings is 1. The normalized spacial score (nSPS) is 11.4. The third-order valence-electron chi connectivity index (χ3n) is 5.28. The zero-order chi connectivity index (χ0) is 21.7. The van der Waals surface area contributed by atoms with Crippen LogP contribution in [-0.2, 0) is 0 Å². The van der Waals surface area contributed by atoms with Gasteiger partial charge in [-0.3, -0.25) is 9.78 Å².